The zero-order valence-electron chi connectivity index (χ0n) is 12.1. The number of rotatable bonds is 6. The second kappa shape index (κ2) is 7.15. The first kappa shape index (κ1) is 15.4. The Morgan fingerprint density at radius 1 is 1.24 bits per heavy atom. The van der Waals surface area contributed by atoms with E-state index < -0.39 is 5.97 Å². The molecule has 21 heavy (non-hydrogen) atoms. The van der Waals surface area contributed by atoms with Gasteiger partial charge in [0.15, 0.2) is 0 Å². The van der Waals surface area contributed by atoms with E-state index in [0.717, 1.165) is 37.7 Å². The summed E-state index contributed by atoms with van der Waals surface area (Å²) in [6, 6.07) is 1.51. The normalized spacial score (nSPS) is 17.1. The summed E-state index contributed by atoms with van der Waals surface area (Å²) in [4.78, 5) is 22.9. The van der Waals surface area contributed by atoms with Crippen LogP contribution in [0.5, 0.6) is 0 Å². The molecule has 1 saturated carbocycles. The summed E-state index contributed by atoms with van der Waals surface area (Å²) >= 11 is 0. The SMILES string of the molecule is O=C(O)CC1(CNC(=O)NCc2ccoc2)CCCCC1. The number of urea groups is 1. The van der Waals surface area contributed by atoms with Gasteiger partial charge in [-0.05, 0) is 24.3 Å². The summed E-state index contributed by atoms with van der Waals surface area (Å²) in [5.41, 5.74) is 0.597. The highest BCUT2D eigenvalue weighted by Crippen LogP contribution is 2.38. The van der Waals surface area contributed by atoms with Gasteiger partial charge in [-0.25, -0.2) is 4.79 Å². The van der Waals surface area contributed by atoms with Crippen LogP contribution in [0.15, 0.2) is 23.0 Å². The van der Waals surface area contributed by atoms with Crippen LogP contribution in [0.4, 0.5) is 4.79 Å². The Hall–Kier alpha value is -1.98. The second-order valence-electron chi connectivity index (χ2n) is 5.80. The topological polar surface area (TPSA) is 91.6 Å². The van der Waals surface area contributed by atoms with Gasteiger partial charge >= 0.3 is 12.0 Å². The number of nitrogens with one attached hydrogen (secondary N) is 2. The largest absolute Gasteiger partial charge is 0.481 e. The standard InChI is InChI=1S/C15H22N2O4/c18-13(19)8-15(5-2-1-3-6-15)11-17-14(20)16-9-12-4-7-21-10-12/h4,7,10H,1-3,5-6,8-9,11H2,(H,18,19)(H2,16,17,20). The van der Waals surface area contributed by atoms with Crippen LogP contribution in [-0.2, 0) is 11.3 Å². The van der Waals surface area contributed by atoms with Gasteiger partial charge in [0.2, 0.25) is 0 Å². The van der Waals surface area contributed by atoms with Crippen LogP contribution in [0.2, 0.25) is 0 Å². The molecular formula is C15H22N2O4. The molecule has 1 aromatic rings. The molecule has 6 heteroatoms. The minimum Gasteiger partial charge on any atom is -0.481 e. The number of furan rings is 1. The van der Waals surface area contributed by atoms with E-state index in [9.17, 15) is 9.59 Å². The van der Waals surface area contributed by atoms with Crippen LogP contribution >= 0.6 is 0 Å². The minimum atomic E-state index is -0.794. The molecule has 1 fully saturated rings. The van der Waals surface area contributed by atoms with Crippen molar-refractivity contribution in [2.45, 2.75) is 45.1 Å². The molecular weight excluding hydrogens is 272 g/mol. The summed E-state index contributed by atoms with van der Waals surface area (Å²) in [5.74, 6) is -0.794. The van der Waals surface area contributed by atoms with Crippen molar-refractivity contribution in [2.75, 3.05) is 6.54 Å². The fourth-order valence-corrected chi connectivity index (χ4v) is 2.94. The van der Waals surface area contributed by atoms with Crippen molar-refractivity contribution in [3.05, 3.63) is 24.2 Å². The third-order valence-electron chi connectivity index (χ3n) is 4.10. The van der Waals surface area contributed by atoms with Gasteiger partial charge in [-0.3, -0.25) is 4.79 Å². The Bertz CT molecular complexity index is 464. The van der Waals surface area contributed by atoms with E-state index in [1.807, 2.05) is 0 Å². The number of hydrogen-bond acceptors (Lipinski definition) is 3. The molecule has 1 aliphatic rings. The fourth-order valence-electron chi connectivity index (χ4n) is 2.94. The zero-order chi connectivity index (χ0) is 15.1. The first-order chi connectivity index (χ1) is 10.1. The Morgan fingerprint density at radius 2 is 2.00 bits per heavy atom. The van der Waals surface area contributed by atoms with E-state index in [0.29, 0.717) is 13.1 Å². The predicted octanol–water partition coefficient (Wildman–Crippen LogP) is 2.50. The highest BCUT2D eigenvalue weighted by atomic mass is 16.4. The number of carboxylic acids is 1. The Morgan fingerprint density at radius 3 is 2.62 bits per heavy atom. The van der Waals surface area contributed by atoms with Gasteiger partial charge in [0.25, 0.3) is 0 Å². The van der Waals surface area contributed by atoms with Crippen molar-refractivity contribution in [1.82, 2.24) is 10.6 Å². The van der Waals surface area contributed by atoms with Crippen molar-refractivity contribution < 1.29 is 19.1 Å². The molecule has 1 heterocycles. The van der Waals surface area contributed by atoms with E-state index in [4.69, 9.17) is 9.52 Å². The van der Waals surface area contributed by atoms with Crippen molar-refractivity contribution in [3.8, 4) is 0 Å². The number of amides is 2. The van der Waals surface area contributed by atoms with Gasteiger partial charge < -0.3 is 20.2 Å². The molecule has 2 rings (SSSR count). The lowest BCUT2D eigenvalue weighted by Crippen LogP contribution is -2.44. The van der Waals surface area contributed by atoms with Gasteiger partial charge in [0, 0.05) is 18.7 Å². The predicted molar refractivity (Wildman–Crippen MR) is 76.7 cm³/mol. The number of hydrogen-bond donors (Lipinski definition) is 3. The molecule has 0 aromatic carbocycles. The monoisotopic (exact) mass is 294 g/mol. The van der Waals surface area contributed by atoms with Crippen molar-refractivity contribution in [1.29, 1.82) is 0 Å². The maximum Gasteiger partial charge on any atom is 0.315 e. The molecule has 0 bridgehead atoms. The van der Waals surface area contributed by atoms with Gasteiger partial charge in [0.05, 0.1) is 18.9 Å². The van der Waals surface area contributed by atoms with Crippen molar-refractivity contribution in [3.63, 3.8) is 0 Å². The Labute approximate surface area is 123 Å². The molecule has 1 aromatic heterocycles. The van der Waals surface area contributed by atoms with E-state index in [-0.39, 0.29) is 17.9 Å². The van der Waals surface area contributed by atoms with Gasteiger partial charge in [-0.1, -0.05) is 19.3 Å². The van der Waals surface area contributed by atoms with Crippen LogP contribution in [0.25, 0.3) is 0 Å². The van der Waals surface area contributed by atoms with Crippen LogP contribution in [0.1, 0.15) is 44.1 Å². The quantitative estimate of drug-likeness (QED) is 0.751. The van der Waals surface area contributed by atoms with Crippen LogP contribution in [0.3, 0.4) is 0 Å². The summed E-state index contributed by atoms with van der Waals surface area (Å²) in [5, 5.41) is 14.6. The third kappa shape index (κ3) is 4.81. The van der Waals surface area contributed by atoms with Crippen LogP contribution in [0, 0.1) is 5.41 Å². The van der Waals surface area contributed by atoms with E-state index in [2.05, 4.69) is 10.6 Å². The lowest BCUT2D eigenvalue weighted by Gasteiger charge is -2.36. The molecule has 6 nitrogen and oxygen atoms in total. The van der Waals surface area contributed by atoms with E-state index in [1.54, 1.807) is 18.6 Å². The van der Waals surface area contributed by atoms with Crippen molar-refractivity contribution in [2.24, 2.45) is 5.41 Å². The van der Waals surface area contributed by atoms with Gasteiger partial charge in [0.1, 0.15) is 0 Å². The van der Waals surface area contributed by atoms with Gasteiger partial charge in [-0.2, -0.15) is 0 Å². The molecule has 2 amide bonds. The third-order valence-corrected chi connectivity index (χ3v) is 4.10. The van der Waals surface area contributed by atoms with E-state index >= 15 is 0 Å². The lowest BCUT2D eigenvalue weighted by molar-refractivity contribution is -0.140. The minimum absolute atomic E-state index is 0.120. The molecule has 0 unspecified atom stereocenters. The number of carbonyl (C=O) groups is 2. The molecule has 3 N–H and O–H groups in total. The maximum atomic E-state index is 11.8. The number of carbonyl (C=O) groups excluding carboxylic acids is 1. The first-order valence-electron chi connectivity index (χ1n) is 7.34. The first-order valence-corrected chi connectivity index (χ1v) is 7.34. The van der Waals surface area contributed by atoms with Crippen molar-refractivity contribution >= 4 is 12.0 Å². The highest BCUT2D eigenvalue weighted by molar-refractivity contribution is 5.74. The van der Waals surface area contributed by atoms with Crippen LogP contribution < -0.4 is 10.6 Å². The maximum absolute atomic E-state index is 11.8. The molecule has 0 radical (unpaired) electrons. The van der Waals surface area contributed by atoms with Gasteiger partial charge in [-0.15, -0.1) is 0 Å². The average molecular weight is 294 g/mol. The average Bonchev–Trinajstić information content (AvgIpc) is 2.96. The Balaban J connectivity index is 1.80. The summed E-state index contributed by atoms with van der Waals surface area (Å²) in [6.07, 6.45) is 8.19. The molecule has 0 spiro atoms. The zero-order valence-corrected chi connectivity index (χ0v) is 12.1. The summed E-state index contributed by atoms with van der Waals surface area (Å²) < 4.78 is 4.92. The molecule has 116 valence electrons. The molecule has 0 saturated heterocycles. The molecule has 0 aliphatic heterocycles. The molecule has 1 aliphatic carbocycles. The van der Waals surface area contributed by atoms with E-state index in [1.165, 1.54) is 0 Å². The Kier molecular flexibility index (Phi) is 5.25. The highest BCUT2D eigenvalue weighted by Gasteiger charge is 2.34. The number of aliphatic carboxylic acids is 1. The summed E-state index contributed by atoms with van der Waals surface area (Å²) in [6.45, 7) is 0.810. The fraction of sp³-hybridized carbons (Fsp3) is 0.600. The van der Waals surface area contributed by atoms with Crippen LogP contribution in [-0.4, -0.2) is 23.7 Å². The molecule has 0 atom stereocenters. The number of carboxylic acid groups (broad SMARTS) is 1. The lowest BCUT2D eigenvalue weighted by atomic mass is 9.72. The smallest absolute Gasteiger partial charge is 0.315 e. The second-order valence-corrected chi connectivity index (χ2v) is 5.80. The summed E-state index contributed by atoms with van der Waals surface area (Å²) in [7, 11) is 0.